The Bertz CT molecular complexity index is 338. The lowest BCUT2D eigenvalue weighted by molar-refractivity contribution is 0.165. The predicted octanol–water partition coefficient (Wildman–Crippen LogP) is 3.03. The standard InChI is InChI=1S/C15H26N2/c1-6-17(11(2)3)14(10-16)15-12(4)8-7-9-13(15)5/h7-9,11,14H,6,10,16H2,1-5H3. The molecule has 2 heteroatoms. The molecule has 0 radical (unpaired) electrons. The van der Waals surface area contributed by atoms with Gasteiger partial charge < -0.3 is 5.73 Å². The van der Waals surface area contributed by atoms with Crippen molar-refractivity contribution in [3.05, 3.63) is 34.9 Å². The maximum atomic E-state index is 6.02. The van der Waals surface area contributed by atoms with Gasteiger partial charge in [0, 0.05) is 18.6 Å². The van der Waals surface area contributed by atoms with E-state index in [1.807, 2.05) is 0 Å². The normalized spacial score (nSPS) is 13.4. The zero-order valence-electron chi connectivity index (χ0n) is 11.8. The van der Waals surface area contributed by atoms with Crippen molar-refractivity contribution in [3.63, 3.8) is 0 Å². The van der Waals surface area contributed by atoms with Crippen molar-refractivity contribution >= 4 is 0 Å². The van der Waals surface area contributed by atoms with Crippen molar-refractivity contribution in [3.8, 4) is 0 Å². The molecule has 96 valence electrons. The molecule has 0 spiro atoms. The van der Waals surface area contributed by atoms with Crippen LogP contribution in [0.15, 0.2) is 18.2 Å². The number of likely N-dealkylation sites (N-methyl/N-ethyl adjacent to an activating group) is 1. The van der Waals surface area contributed by atoms with E-state index >= 15 is 0 Å². The van der Waals surface area contributed by atoms with E-state index in [9.17, 15) is 0 Å². The van der Waals surface area contributed by atoms with Crippen LogP contribution in [-0.4, -0.2) is 24.0 Å². The van der Waals surface area contributed by atoms with E-state index < -0.39 is 0 Å². The highest BCUT2D eigenvalue weighted by molar-refractivity contribution is 5.36. The summed E-state index contributed by atoms with van der Waals surface area (Å²) in [6, 6.07) is 7.33. The highest BCUT2D eigenvalue weighted by Gasteiger charge is 2.22. The first kappa shape index (κ1) is 14.2. The second kappa shape index (κ2) is 6.18. The van der Waals surface area contributed by atoms with E-state index in [2.05, 4.69) is 57.7 Å². The first-order valence-corrected chi connectivity index (χ1v) is 6.54. The fraction of sp³-hybridized carbons (Fsp3) is 0.600. The molecular formula is C15H26N2. The minimum Gasteiger partial charge on any atom is -0.329 e. The van der Waals surface area contributed by atoms with E-state index in [0.29, 0.717) is 18.6 Å². The Morgan fingerprint density at radius 1 is 1.18 bits per heavy atom. The zero-order valence-corrected chi connectivity index (χ0v) is 11.8. The number of nitrogens with zero attached hydrogens (tertiary/aromatic N) is 1. The molecule has 0 bridgehead atoms. The van der Waals surface area contributed by atoms with Crippen LogP contribution in [0, 0.1) is 13.8 Å². The molecule has 0 aliphatic heterocycles. The molecule has 17 heavy (non-hydrogen) atoms. The summed E-state index contributed by atoms with van der Waals surface area (Å²) in [6.07, 6.45) is 0. The van der Waals surface area contributed by atoms with Gasteiger partial charge in [-0.1, -0.05) is 25.1 Å². The highest BCUT2D eigenvalue weighted by atomic mass is 15.2. The van der Waals surface area contributed by atoms with Crippen LogP contribution in [0.5, 0.6) is 0 Å². The van der Waals surface area contributed by atoms with Gasteiger partial charge in [-0.15, -0.1) is 0 Å². The summed E-state index contributed by atoms with van der Waals surface area (Å²) >= 11 is 0. The number of rotatable bonds is 5. The number of hydrogen-bond acceptors (Lipinski definition) is 2. The second-order valence-electron chi connectivity index (χ2n) is 4.98. The molecule has 1 aromatic carbocycles. The molecule has 1 aromatic rings. The van der Waals surface area contributed by atoms with Crippen LogP contribution in [0.25, 0.3) is 0 Å². The fourth-order valence-corrected chi connectivity index (χ4v) is 2.72. The van der Waals surface area contributed by atoms with Gasteiger partial charge in [-0.2, -0.15) is 0 Å². The number of nitrogens with two attached hydrogens (primary N) is 1. The minimum absolute atomic E-state index is 0.334. The molecule has 0 saturated heterocycles. The molecule has 2 N–H and O–H groups in total. The number of benzene rings is 1. The van der Waals surface area contributed by atoms with Gasteiger partial charge in [0.25, 0.3) is 0 Å². The van der Waals surface area contributed by atoms with Crippen LogP contribution >= 0.6 is 0 Å². The third-order valence-corrected chi connectivity index (χ3v) is 3.53. The Morgan fingerprint density at radius 2 is 1.71 bits per heavy atom. The Hall–Kier alpha value is -0.860. The number of aryl methyl sites for hydroxylation is 2. The van der Waals surface area contributed by atoms with Crippen molar-refractivity contribution in [2.24, 2.45) is 5.73 Å². The zero-order chi connectivity index (χ0) is 13.0. The van der Waals surface area contributed by atoms with Crippen molar-refractivity contribution < 1.29 is 0 Å². The molecular weight excluding hydrogens is 208 g/mol. The summed E-state index contributed by atoms with van der Waals surface area (Å²) in [7, 11) is 0. The smallest absolute Gasteiger partial charge is 0.0478 e. The van der Waals surface area contributed by atoms with Crippen molar-refractivity contribution in [2.45, 2.75) is 46.7 Å². The van der Waals surface area contributed by atoms with Crippen LogP contribution in [0.3, 0.4) is 0 Å². The summed E-state index contributed by atoms with van der Waals surface area (Å²) in [5, 5.41) is 0. The van der Waals surface area contributed by atoms with Crippen LogP contribution in [0.2, 0.25) is 0 Å². The lowest BCUT2D eigenvalue weighted by atomic mass is 9.94. The lowest BCUT2D eigenvalue weighted by Crippen LogP contribution is -2.39. The summed E-state index contributed by atoms with van der Waals surface area (Å²) in [5.74, 6) is 0. The van der Waals surface area contributed by atoms with Crippen LogP contribution in [0.4, 0.5) is 0 Å². The van der Waals surface area contributed by atoms with Gasteiger partial charge in [-0.3, -0.25) is 4.90 Å². The first-order chi connectivity index (χ1) is 8.02. The molecule has 1 unspecified atom stereocenters. The average Bonchev–Trinajstić information content (AvgIpc) is 2.27. The molecule has 0 amide bonds. The molecule has 0 heterocycles. The van der Waals surface area contributed by atoms with E-state index in [4.69, 9.17) is 5.73 Å². The van der Waals surface area contributed by atoms with Gasteiger partial charge in [-0.05, 0) is 50.9 Å². The Balaban J connectivity index is 3.17. The Kier molecular flexibility index (Phi) is 5.16. The predicted molar refractivity (Wildman–Crippen MR) is 75.2 cm³/mol. The maximum absolute atomic E-state index is 6.02. The van der Waals surface area contributed by atoms with Gasteiger partial charge in [0.1, 0.15) is 0 Å². The first-order valence-electron chi connectivity index (χ1n) is 6.54. The molecule has 1 atom stereocenters. The lowest BCUT2D eigenvalue weighted by Gasteiger charge is -2.35. The quantitative estimate of drug-likeness (QED) is 0.848. The molecule has 0 saturated carbocycles. The van der Waals surface area contributed by atoms with Gasteiger partial charge in [0.05, 0.1) is 0 Å². The molecule has 1 rings (SSSR count). The molecule has 2 nitrogen and oxygen atoms in total. The van der Waals surface area contributed by atoms with Gasteiger partial charge >= 0.3 is 0 Å². The van der Waals surface area contributed by atoms with Crippen LogP contribution in [-0.2, 0) is 0 Å². The molecule has 0 fully saturated rings. The summed E-state index contributed by atoms with van der Waals surface area (Å²) < 4.78 is 0. The Labute approximate surface area is 106 Å². The van der Waals surface area contributed by atoms with E-state index in [1.165, 1.54) is 16.7 Å². The SMILES string of the molecule is CCN(C(C)C)C(CN)c1c(C)cccc1C. The molecule has 0 aliphatic rings. The second-order valence-corrected chi connectivity index (χ2v) is 4.98. The van der Waals surface area contributed by atoms with Gasteiger partial charge in [0.15, 0.2) is 0 Å². The van der Waals surface area contributed by atoms with Gasteiger partial charge in [0.2, 0.25) is 0 Å². The summed E-state index contributed by atoms with van der Waals surface area (Å²) in [5.41, 5.74) is 10.1. The fourth-order valence-electron chi connectivity index (χ4n) is 2.72. The van der Waals surface area contributed by atoms with Crippen molar-refractivity contribution in [2.75, 3.05) is 13.1 Å². The van der Waals surface area contributed by atoms with Crippen LogP contribution in [0.1, 0.15) is 43.5 Å². The van der Waals surface area contributed by atoms with Crippen molar-refractivity contribution in [1.82, 2.24) is 4.90 Å². The van der Waals surface area contributed by atoms with Gasteiger partial charge in [-0.25, -0.2) is 0 Å². The third kappa shape index (κ3) is 3.08. The molecule has 0 aromatic heterocycles. The molecule has 0 aliphatic carbocycles. The maximum Gasteiger partial charge on any atom is 0.0478 e. The summed E-state index contributed by atoms with van der Waals surface area (Å²) in [4.78, 5) is 2.47. The monoisotopic (exact) mass is 234 g/mol. The highest BCUT2D eigenvalue weighted by Crippen LogP contribution is 2.27. The average molecular weight is 234 g/mol. The van der Waals surface area contributed by atoms with Crippen molar-refractivity contribution in [1.29, 1.82) is 0 Å². The van der Waals surface area contributed by atoms with E-state index in [1.54, 1.807) is 0 Å². The minimum atomic E-state index is 0.334. The summed E-state index contributed by atoms with van der Waals surface area (Å²) in [6.45, 7) is 12.7. The number of hydrogen-bond donors (Lipinski definition) is 1. The Morgan fingerprint density at radius 3 is 2.06 bits per heavy atom. The van der Waals surface area contributed by atoms with E-state index in [0.717, 1.165) is 6.54 Å². The van der Waals surface area contributed by atoms with E-state index in [-0.39, 0.29) is 0 Å². The largest absolute Gasteiger partial charge is 0.329 e. The topological polar surface area (TPSA) is 29.3 Å². The van der Waals surface area contributed by atoms with Crippen LogP contribution < -0.4 is 5.73 Å². The third-order valence-electron chi connectivity index (χ3n) is 3.53.